The molecule has 176 valence electrons. The average molecular weight is 494 g/mol. The number of hydrogen-bond donors (Lipinski definition) is 1. The van der Waals surface area contributed by atoms with Gasteiger partial charge in [0.05, 0.1) is 29.7 Å². The maximum atomic E-state index is 11.6. The van der Waals surface area contributed by atoms with Crippen LogP contribution in [0, 0.1) is 12.8 Å². The van der Waals surface area contributed by atoms with E-state index in [0.717, 1.165) is 17.4 Å². The minimum Gasteiger partial charge on any atom is -0.481 e. The molecule has 34 heavy (non-hydrogen) atoms. The van der Waals surface area contributed by atoms with Crippen LogP contribution in [0.4, 0.5) is 0 Å². The van der Waals surface area contributed by atoms with Gasteiger partial charge in [-0.25, -0.2) is 4.31 Å². The van der Waals surface area contributed by atoms with Crippen LogP contribution in [-0.2, 0) is 11.2 Å². The van der Waals surface area contributed by atoms with Gasteiger partial charge in [0.2, 0.25) is 0 Å². The third kappa shape index (κ3) is 4.04. The fourth-order valence-electron chi connectivity index (χ4n) is 5.09. The van der Waals surface area contributed by atoms with Gasteiger partial charge in [-0.15, -0.1) is 0 Å². The van der Waals surface area contributed by atoms with Gasteiger partial charge >= 0.3 is 5.97 Å². The zero-order chi connectivity index (χ0) is 24.0. The second-order valence-electron chi connectivity index (χ2n) is 9.02. The van der Waals surface area contributed by atoms with Crippen LogP contribution in [0.1, 0.15) is 31.1 Å². The van der Waals surface area contributed by atoms with Crippen LogP contribution in [0.3, 0.4) is 0 Å². The van der Waals surface area contributed by atoms with Crippen LogP contribution in [-0.4, -0.2) is 43.1 Å². The van der Waals surface area contributed by atoms with E-state index < -0.39 is 5.97 Å². The van der Waals surface area contributed by atoms with Gasteiger partial charge in [0.25, 0.3) is 0 Å². The third-order valence-electron chi connectivity index (χ3n) is 6.69. The Kier molecular flexibility index (Phi) is 6.23. The molecule has 2 aromatic carbocycles. The smallest absolute Gasteiger partial charge is 0.309 e. The van der Waals surface area contributed by atoms with Crippen molar-refractivity contribution in [2.75, 3.05) is 6.54 Å². The summed E-state index contributed by atoms with van der Waals surface area (Å²) in [6.45, 7) is 7.43. The normalized spacial score (nSPS) is 23.3. The maximum Gasteiger partial charge on any atom is 0.309 e. The summed E-state index contributed by atoms with van der Waals surface area (Å²) < 4.78 is 4.64. The Hall–Kier alpha value is -2.67. The Morgan fingerprint density at radius 1 is 1.26 bits per heavy atom. The van der Waals surface area contributed by atoms with Gasteiger partial charge in [-0.3, -0.25) is 9.48 Å². The first-order valence-electron chi connectivity index (χ1n) is 11.5. The number of aromatic nitrogens is 2. The molecule has 0 saturated carbocycles. The number of carboxylic acid groups (broad SMARTS) is 1. The lowest BCUT2D eigenvalue weighted by molar-refractivity contribution is -0.136. The van der Waals surface area contributed by atoms with Crippen LogP contribution in [0.15, 0.2) is 71.2 Å². The number of benzene rings is 2. The van der Waals surface area contributed by atoms with E-state index >= 15 is 0 Å². The molecule has 1 fully saturated rings. The second-order valence-corrected chi connectivity index (χ2v) is 11.5. The summed E-state index contributed by atoms with van der Waals surface area (Å²) in [5, 5.41) is 18.1. The van der Waals surface area contributed by atoms with Crippen LogP contribution < -0.4 is 0 Å². The summed E-state index contributed by atoms with van der Waals surface area (Å²) in [6, 6.07) is 14.6. The molecule has 1 saturated heterocycles. The molecular formula is C27H28ClN3O2S. The lowest BCUT2D eigenvalue weighted by Crippen LogP contribution is -2.33. The van der Waals surface area contributed by atoms with E-state index in [1.165, 1.54) is 16.0 Å². The van der Waals surface area contributed by atoms with Crippen LogP contribution in [0.5, 0.6) is 0 Å². The Balaban J connectivity index is 1.63. The van der Waals surface area contributed by atoms with Crippen LogP contribution in [0.25, 0.3) is 10.9 Å². The molecule has 1 aliphatic heterocycles. The molecule has 2 unspecified atom stereocenters. The molecule has 4 atom stereocenters. The van der Waals surface area contributed by atoms with Gasteiger partial charge in [-0.05, 0) is 61.0 Å². The predicted octanol–water partition coefficient (Wildman–Crippen LogP) is 6.05. The average Bonchev–Trinajstić information content (AvgIpc) is 3.25. The van der Waals surface area contributed by atoms with E-state index in [4.69, 9.17) is 16.7 Å². The first-order chi connectivity index (χ1) is 16.4. The van der Waals surface area contributed by atoms with E-state index in [9.17, 15) is 9.90 Å². The zero-order valence-electron chi connectivity index (χ0n) is 19.5. The number of carboxylic acids is 1. The first-order valence-corrected chi connectivity index (χ1v) is 13.1. The van der Waals surface area contributed by atoms with Gasteiger partial charge < -0.3 is 5.11 Å². The molecule has 2 heterocycles. The second kappa shape index (κ2) is 9.17. The minimum absolute atomic E-state index is 0.0557. The lowest BCUT2D eigenvalue weighted by Gasteiger charge is -2.33. The number of fused-ring (bicyclic) bond motifs is 1. The molecule has 5 rings (SSSR count). The van der Waals surface area contributed by atoms with Crippen molar-refractivity contribution >= 4 is 44.5 Å². The fraction of sp³-hybridized carbons (Fsp3) is 0.296. The molecule has 5 nitrogen and oxygen atoms in total. The number of hydrogen-bond acceptors (Lipinski definition) is 3. The molecular weight excluding hydrogens is 466 g/mol. The van der Waals surface area contributed by atoms with Gasteiger partial charge in [-0.2, -0.15) is 5.10 Å². The van der Waals surface area contributed by atoms with Gasteiger partial charge in [0.1, 0.15) is 0 Å². The molecule has 1 N–H and O–H groups in total. The minimum atomic E-state index is -0.884. The highest BCUT2D eigenvalue weighted by Crippen LogP contribution is 2.48. The molecule has 1 aliphatic carbocycles. The Labute approximate surface area is 207 Å². The van der Waals surface area contributed by atoms with E-state index in [1.807, 2.05) is 16.8 Å². The molecule has 0 radical (unpaired) electrons. The van der Waals surface area contributed by atoms with Crippen molar-refractivity contribution in [1.29, 1.82) is 0 Å². The highest BCUT2D eigenvalue weighted by Gasteiger charge is 2.45. The molecule has 0 bridgehead atoms. The highest BCUT2D eigenvalue weighted by atomic mass is 35.5. The van der Waals surface area contributed by atoms with Crippen molar-refractivity contribution in [3.63, 3.8) is 0 Å². The fourth-order valence-corrected chi connectivity index (χ4v) is 7.38. The number of halogens is 1. The van der Waals surface area contributed by atoms with Crippen molar-refractivity contribution in [3.8, 4) is 0 Å². The topological polar surface area (TPSA) is 58.4 Å². The SMILES string of the molecule is C/C=S(\c1ccc(C)cc1)N1C[C@@H](C)[C@@H](n2nc(CC(=O)O)c3ccc(Cl)cc32)C1C1=CC=C1. The van der Waals surface area contributed by atoms with Crippen molar-refractivity contribution in [1.82, 2.24) is 14.1 Å². The molecule has 7 heteroatoms. The quantitative estimate of drug-likeness (QED) is 0.425. The van der Waals surface area contributed by atoms with E-state index in [-0.39, 0.29) is 29.2 Å². The standard InChI is InChI=1S/C27H28ClN3O2S/c1-4-34(21-11-8-17(2)9-12-21)30-16-18(3)26(27(30)19-6-5-7-19)31-24-14-20(28)10-13-22(24)23(29-31)15-25(32)33/h4-14,18,26-27H,15-16H2,1-3H3,(H,32,33)/t18-,26-,27?,34?/m1/s1. The van der Waals surface area contributed by atoms with Crippen molar-refractivity contribution in [2.24, 2.45) is 5.92 Å². The number of carbonyl (C=O) groups is 1. The van der Waals surface area contributed by atoms with Gasteiger partial charge in [-0.1, -0.05) is 65.1 Å². The predicted molar refractivity (Wildman–Crippen MR) is 141 cm³/mol. The number of nitrogens with zero attached hydrogens (tertiary/aromatic N) is 3. The summed E-state index contributed by atoms with van der Waals surface area (Å²) in [5.74, 6) is -0.578. The maximum absolute atomic E-state index is 11.6. The Morgan fingerprint density at radius 3 is 2.62 bits per heavy atom. The Morgan fingerprint density at radius 2 is 2.00 bits per heavy atom. The third-order valence-corrected chi connectivity index (χ3v) is 9.01. The van der Waals surface area contributed by atoms with Gasteiger partial charge in [0, 0.05) is 21.8 Å². The van der Waals surface area contributed by atoms with E-state index in [2.05, 4.69) is 72.9 Å². The van der Waals surface area contributed by atoms with Crippen molar-refractivity contribution in [2.45, 2.75) is 44.2 Å². The van der Waals surface area contributed by atoms with Crippen molar-refractivity contribution < 1.29 is 9.90 Å². The lowest BCUT2D eigenvalue weighted by atomic mass is 9.91. The summed E-state index contributed by atoms with van der Waals surface area (Å²) in [7, 11) is -0.180. The summed E-state index contributed by atoms with van der Waals surface area (Å²) >= 11 is 6.39. The van der Waals surface area contributed by atoms with Gasteiger partial charge in [0.15, 0.2) is 0 Å². The summed E-state index contributed by atoms with van der Waals surface area (Å²) in [6.07, 6.45) is 6.35. The zero-order valence-corrected chi connectivity index (χ0v) is 21.1. The van der Waals surface area contributed by atoms with Crippen molar-refractivity contribution in [3.05, 3.63) is 82.5 Å². The van der Waals surface area contributed by atoms with E-state index in [1.54, 1.807) is 6.07 Å². The highest BCUT2D eigenvalue weighted by molar-refractivity contribution is 8.13. The molecule has 0 amide bonds. The number of allylic oxidation sites excluding steroid dienone is 2. The molecule has 0 spiro atoms. The van der Waals surface area contributed by atoms with E-state index in [0.29, 0.717) is 16.6 Å². The molecule has 3 aromatic rings. The monoisotopic (exact) mass is 493 g/mol. The number of aliphatic carboxylic acids is 1. The number of rotatable bonds is 6. The largest absolute Gasteiger partial charge is 0.481 e. The van der Waals surface area contributed by atoms with Crippen LogP contribution in [0.2, 0.25) is 5.02 Å². The molecule has 1 aromatic heterocycles. The first kappa shape index (κ1) is 23.1. The Bertz CT molecular complexity index is 1360. The summed E-state index contributed by atoms with van der Waals surface area (Å²) in [4.78, 5) is 12.9. The summed E-state index contributed by atoms with van der Waals surface area (Å²) in [5.41, 5.74) is 4.02. The van der Waals surface area contributed by atoms with Crippen LogP contribution >= 0.6 is 22.3 Å². The number of aryl methyl sites for hydroxylation is 1. The molecule has 2 aliphatic rings.